The number of aliphatic imine (C=N–C) groups is 1. The third-order valence-corrected chi connectivity index (χ3v) is 4.02. The Morgan fingerprint density at radius 2 is 2.00 bits per heavy atom. The summed E-state index contributed by atoms with van der Waals surface area (Å²) < 4.78 is 7.55. The maximum Gasteiger partial charge on any atom is 0.191 e. The summed E-state index contributed by atoms with van der Waals surface area (Å²) in [5, 5.41) is 11.1. The molecule has 0 aliphatic carbocycles. The zero-order chi connectivity index (χ0) is 17.9. The van der Waals surface area contributed by atoms with E-state index >= 15 is 0 Å². The lowest BCUT2D eigenvalue weighted by Crippen LogP contribution is -2.38. The van der Waals surface area contributed by atoms with E-state index in [1.165, 1.54) is 11.3 Å². The first-order valence-electron chi connectivity index (χ1n) is 9.04. The Balaban J connectivity index is 2.35. The summed E-state index contributed by atoms with van der Waals surface area (Å²) in [5.74, 6) is 1.54. The van der Waals surface area contributed by atoms with E-state index in [4.69, 9.17) is 4.74 Å². The van der Waals surface area contributed by atoms with Gasteiger partial charge in [-0.05, 0) is 45.1 Å². The van der Waals surface area contributed by atoms with Crippen LogP contribution in [0.5, 0.6) is 0 Å². The summed E-state index contributed by atoms with van der Waals surface area (Å²) in [5.41, 5.74) is 3.66. The predicted molar refractivity (Wildman–Crippen MR) is 101 cm³/mol. The van der Waals surface area contributed by atoms with E-state index in [0.717, 1.165) is 44.2 Å². The molecule has 1 aromatic heterocycles. The van der Waals surface area contributed by atoms with E-state index in [0.29, 0.717) is 19.1 Å². The van der Waals surface area contributed by atoms with Gasteiger partial charge in [0.05, 0.1) is 18.8 Å². The second-order valence-corrected chi connectivity index (χ2v) is 6.51. The third kappa shape index (κ3) is 7.34. The van der Waals surface area contributed by atoms with Gasteiger partial charge in [-0.2, -0.15) is 5.10 Å². The van der Waals surface area contributed by atoms with Crippen LogP contribution in [0.4, 0.5) is 0 Å². The highest BCUT2D eigenvalue weighted by molar-refractivity contribution is 5.79. The van der Waals surface area contributed by atoms with Crippen LogP contribution in [-0.4, -0.2) is 48.6 Å². The molecule has 0 amide bonds. The number of hydrogen-bond acceptors (Lipinski definition) is 3. The van der Waals surface area contributed by atoms with Gasteiger partial charge in [0.15, 0.2) is 5.96 Å². The second kappa shape index (κ2) is 11.1. The summed E-state index contributed by atoms with van der Waals surface area (Å²) >= 11 is 0. The van der Waals surface area contributed by atoms with Crippen molar-refractivity contribution in [3.63, 3.8) is 0 Å². The summed E-state index contributed by atoms with van der Waals surface area (Å²) in [6.07, 6.45) is 2.05. The van der Waals surface area contributed by atoms with Gasteiger partial charge in [-0.3, -0.25) is 9.67 Å². The van der Waals surface area contributed by atoms with E-state index in [1.807, 2.05) is 11.7 Å². The van der Waals surface area contributed by atoms with E-state index in [2.05, 4.69) is 55.3 Å². The van der Waals surface area contributed by atoms with Gasteiger partial charge in [0, 0.05) is 32.4 Å². The van der Waals surface area contributed by atoms with Crippen molar-refractivity contribution in [2.75, 3.05) is 32.8 Å². The Morgan fingerprint density at radius 1 is 1.25 bits per heavy atom. The Bertz CT molecular complexity index is 508. The highest BCUT2D eigenvalue weighted by Gasteiger charge is 2.08. The molecule has 0 bridgehead atoms. The molecular weight excluding hydrogens is 302 g/mol. The van der Waals surface area contributed by atoms with E-state index in [1.54, 1.807) is 0 Å². The van der Waals surface area contributed by atoms with Crippen LogP contribution in [0.15, 0.2) is 4.99 Å². The van der Waals surface area contributed by atoms with Crippen molar-refractivity contribution in [1.82, 2.24) is 20.4 Å². The largest absolute Gasteiger partial charge is 0.380 e. The molecule has 0 fully saturated rings. The van der Waals surface area contributed by atoms with E-state index in [9.17, 15) is 0 Å². The van der Waals surface area contributed by atoms with Gasteiger partial charge in [-0.25, -0.2) is 0 Å². The zero-order valence-corrected chi connectivity index (χ0v) is 16.3. The molecule has 138 valence electrons. The molecule has 0 aliphatic rings. The van der Waals surface area contributed by atoms with Crippen LogP contribution in [-0.2, 0) is 18.2 Å². The molecule has 6 heteroatoms. The molecule has 0 aliphatic heterocycles. The quantitative estimate of drug-likeness (QED) is 0.390. The molecule has 2 N–H and O–H groups in total. The maximum atomic E-state index is 5.61. The number of aromatic nitrogens is 2. The standard InChI is InChI=1S/C18H35N5O/c1-7-19-18(21-11-13-24-12-9-14(2)3)20-10-8-17-15(4)22-23(6)16(17)5/h14H,7-13H2,1-6H3,(H2,19,20,21). The minimum absolute atomic E-state index is 0.671. The molecule has 0 atom stereocenters. The lowest BCUT2D eigenvalue weighted by molar-refractivity contribution is 0.130. The molecule has 0 spiro atoms. The van der Waals surface area contributed by atoms with E-state index in [-0.39, 0.29) is 0 Å². The average Bonchev–Trinajstić information content (AvgIpc) is 2.76. The minimum atomic E-state index is 0.671. The molecule has 6 nitrogen and oxygen atoms in total. The Labute approximate surface area is 147 Å². The fourth-order valence-electron chi connectivity index (χ4n) is 2.47. The lowest BCUT2D eigenvalue weighted by atomic mass is 10.1. The van der Waals surface area contributed by atoms with Crippen LogP contribution in [0.25, 0.3) is 0 Å². The monoisotopic (exact) mass is 337 g/mol. The zero-order valence-electron chi connectivity index (χ0n) is 16.3. The van der Waals surface area contributed by atoms with Gasteiger partial charge in [0.25, 0.3) is 0 Å². The number of nitrogens with zero attached hydrogens (tertiary/aromatic N) is 3. The number of ether oxygens (including phenoxy) is 1. The first-order chi connectivity index (χ1) is 11.5. The smallest absolute Gasteiger partial charge is 0.191 e. The maximum absolute atomic E-state index is 5.61. The summed E-state index contributed by atoms with van der Waals surface area (Å²) in [7, 11) is 1.99. The Hall–Kier alpha value is -1.56. The van der Waals surface area contributed by atoms with Gasteiger partial charge in [0.1, 0.15) is 0 Å². The third-order valence-electron chi connectivity index (χ3n) is 4.02. The summed E-state index contributed by atoms with van der Waals surface area (Å²) in [6.45, 7) is 14.5. The predicted octanol–water partition coefficient (Wildman–Crippen LogP) is 2.20. The number of aryl methyl sites for hydroxylation is 2. The molecule has 0 saturated heterocycles. The van der Waals surface area contributed by atoms with Crippen LogP contribution in [0.1, 0.15) is 44.1 Å². The summed E-state index contributed by atoms with van der Waals surface area (Å²) in [4.78, 5) is 4.56. The molecular formula is C18H35N5O. The fraction of sp³-hybridized carbons (Fsp3) is 0.778. The van der Waals surface area contributed by atoms with Crippen molar-refractivity contribution in [3.05, 3.63) is 17.0 Å². The highest BCUT2D eigenvalue weighted by Crippen LogP contribution is 2.11. The van der Waals surface area contributed by atoms with E-state index < -0.39 is 0 Å². The van der Waals surface area contributed by atoms with Crippen molar-refractivity contribution < 1.29 is 4.74 Å². The topological polar surface area (TPSA) is 63.5 Å². The first kappa shape index (κ1) is 20.5. The van der Waals surface area contributed by atoms with Crippen molar-refractivity contribution in [2.24, 2.45) is 18.0 Å². The molecule has 0 radical (unpaired) electrons. The lowest BCUT2D eigenvalue weighted by Gasteiger charge is -2.12. The number of rotatable bonds is 10. The van der Waals surface area contributed by atoms with Crippen molar-refractivity contribution in [3.8, 4) is 0 Å². The van der Waals surface area contributed by atoms with Gasteiger partial charge >= 0.3 is 0 Å². The Kier molecular flexibility index (Phi) is 9.45. The van der Waals surface area contributed by atoms with Crippen molar-refractivity contribution in [2.45, 2.75) is 47.5 Å². The highest BCUT2D eigenvalue weighted by atomic mass is 16.5. The second-order valence-electron chi connectivity index (χ2n) is 6.51. The van der Waals surface area contributed by atoms with Gasteiger partial charge in [-0.15, -0.1) is 0 Å². The van der Waals surface area contributed by atoms with Gasteiger partial charge in [0.2, 0.25) is 0 Å². The molecule has 0 aromatic carbocycles. The molecule has 1 heterocycles. The van der Waals surface area contributed by atoms with Crippen LogP contribution in [0.3, 0.4) is 0 Å². The average molecular weight is 338 g/mol. The van der Waals surface area contributed by atoms with Crippen LogP contribution >= 0.6 is 0 Å². The molecule has 1 aromatic rings. The SMILES string of the molecule is CCNC(=NCCOCCC(C)C)NCCc1c(C)nn(C)c1C. The van der Waals surface area contributed by atoms with Crippen molar-refractivity contribution in [1.29, 1.82) is 0 Å². The molecule has 1 rings (SSSR count). The van der Waals surface area contributed by atoms with Crippen LogP contribution in [0, 0.1) is 19.8 Å². The minimum Gasteiger partial charge on any atom is -0.380 e. The van der Waals surface area contributed by atoms with Crippen molar-refractivity contribution >= 4 is 5.96 Å². The fourth-order valence-corrected chi connectivity index (χ4v) is 2.47. The molecule has 0 unspecified atom stereocenters. The molecule has 24 heavy (non-hydrogen) atoms. The number of guanidine groups is 1. The Morgan fingerprint density at radius 3 is 2.58 bits per heavy atom. The van der Waals surface area contributed by atoms with Gasteiger partial charge < -0.3 is 15.4 Å². The van der Waals surface area contributed by atoms with Gasteiger partial charge in [-0.1, -0.05) is 13.8 Å². The molecule has 0 saturated carbocycles. The van der Waals surface area contributed by atoms with Crippen LogP contribution < -0.4 is 10.6 Å². The number of nitrogens with one attached hydrogen (secondary N) is 2. The summed E-state index contributed by atoms with van der Waals surface area (Å²) in [6, 6.07) is 0. The number of hydrogen-bond donors (Lipinski definition) is 2. The first-order valence-corrected chi connectivity index (χ1v) is 9.04. The van der Waals surface area contributed by atoms with Crippen LogP contribution in [0.2, 0.25) is 0 Å². The normalized spacial score (nSPS) is 12.0.